The summed E-state index contributed by atoms with van der Waals surface area (Å²) in [5.41, 5.74) is 3.34. The van der Waals surface area contributed by atoms with Gasteiger partial charge in [-0.1, -0.05) is 36.4 Å². The second kappa shape index (κ2) is 9.66. The summed E-state index contributed by atoms with van der Waals surface area (Å²) in [4.78, 5) is 18.1. The van der Waals surface area contributed by atoms with Crippen molar-refractivity contribution in [3.05, 3.63) is 69.8 Å². The average Bonchev–Trinajstić information content (AvgIpc) is 2.69. The normalized spacial score (nSPS) is 15.2. The van der Waals surface area contributed by atoms with Crippen LogP contribution in [0.5, 0.6) is 0 Å². The SMILES string of the molecule is CN(C)CCCc1ccc(N2CCN(Cc3ccccc3)CC2)c([N+](=O)[O-])c1. The third-order valence-corrected chi connectivity index (χ3v) is 5.27. The first-order chi connectivity index (χ1) is 13.5. The van der Waals surface area contributed by atoms with E-state index in [9.17, 15) is 10.1 Å². The lowest BCUT2D eigenvalue weighted by molar-refractivity contribution is -0.384. The van der Waals surface area contributed by atoms with Crippen molar-refractivity contribution in [3.63, 3.8) is 0 Å². The lowest BCUT2D eigenvalue weighted by atomic mass is 10.1. The van der Waals surface area contributed by atoms with Crippen LogP contribution in [-0.2, 0) is 13.0 Å². The Morgan fingerprint density at radius 2 is 1.71 bits per heavy atom. The lowest BCUT2D eigenvalue weighted by Crippen LogP contribution is -2.46. The van der Waals surface area contributed by atoms with Gasteiger partial charge in [0.25, 0.3) is 5.69 Å². The van der Waals surface area contributed by atoms with E-state index in [1.807, 2.05) is 32.3 Å². The molecule has 2 aromatic carbocycles. The maximum Gasteiger partial charge on any atom is 0.292 e. The smallest absolute Gasteiger partial charge is 0.292 e. The van der Waals surface area contributed by atoms with Crippen molar-refractivity contribution in [2.45, 2.75) is 19.4 Å². The van der Waals surface area contributed by atoms with Crippen LogP contribution in [-0.4, -0.2) is 61.5 Å². The summed E-state index contributed by atoms with van der Waals surface area (Å²) < 4.78 is 0. The number of nitro groups is 1. The topological polar surface area (TPSA) is 52.9 Å². The highest BCUT2D eigenvalue weighted by Gasteiger charge is 2.24. The van der Waals surface area contributed by atoms with E-state index in [-0.39, 0.29) is 10.6 Å². The molecule has 28 heavy (non-hydrogen) atoms. The van der Waals surface area contributed by atoms with Crippen LogP contribution < -0.4 is 4.90 Å². The Bertz CT molecular complexity index is 771. The summed E-state index contributed by atoms with van der Waals surface area (Å²) in [7, 11) is 4.09. The molecule has 6 nitrogen and oxygen atoms in total. The van der Waals surface area contributed by atoms with Crippen molar-refractivity contribution >= 4 is 11.4 Å². The molecular formula is C22H30N4O2. The molecule has 150 valence electrons. The van der Waals surface area contributed by atoms with E-state index in [1.54, 1.807) is 6.07 Å². The largest absolute Gasteiger partial charge is 0.363 e. The molecule has 0 bridgehead atoms. The van der Waals surface area contributed by atoms with Gasteiger partial charge in [-0.3, -0.25) is 15.0 Å². The minimum absolute atomic E-state index is 0.235. The molecule has 1 aliphatic heterocycles. The average molecular weight is 383 g/mol. The summed E-state index contributed by atoms with van der Waals surface area (Å²) in [6.45, 7) is 5.37. The van der Waals surface area contributed by atoms with Gasteiger partial charge in [-0.25, -0.2) is 0 Å². The molecule has 0 aliphatic carbocycles. The molecule has 1 saturated heterocycles. The minimum Gasteiger partial charge on any atom is -0.363 e. The maximum atomic E-state index is 11.7. The fraction of sp³-hybridized carbons (Fsp3) is 0.455. The van der Waals surface area contributed by atoms with Gasteiger partial charge < -0.3 is 9.80 Å². The zero-order chi connectivity index (χ0) is 19.9. The Morgan fingerprint density at radius 1 is 1.00 bits per heavy atom. The van der Waals surface area contributed by atoms with Crippen molar-refractivity contribution in [1.29, 1.82) is 0 Å². The third kappa shape index (κ3) is 5.53. The highest BCUT2D eigenvalue weighted by molar-refractivity contribution is 5.64. The monoisotopic (exact) mass is 382 g/mol. The number of aryl methyl sites for hydroxylation is 1. The predicted molar refractivity (Wildman–Crippen MR) is 114 cm³/mol. The van der Waals surface area contributed by atoms with E-state index in [0.29, 0.717) is 0 Å². The standard InChI is InChI=1S/C22H30N4O2/c1-23(2)12-6-9-19-10-11-21(22(17-19)26(27)28)25-15-13-24(14-16-25)18-20-7-4-3-5-8-20/h3-5,7-8,10-11,17H,6,9,12-16,18H2,1-2H3. The first kappa shape index (κ1) is 20.3. The highest BCUT2D eigenvalue weighted by atomic mass is 16.6. The molecule has 0 radical (unpaired) electrons. The third-order valence-electron chi connectivity index (χ3n) is 5.27. The number of anilines is 1. The molecule has 1 aliphatic rings. The number of hydrogen-bond donors (Lipinski definition) is 0. The second-order valence-corrected chi connectivity index (χ2v) is 7.74. The number of benzene rings is 2. The Hall–Kier alpha value is -2.44. The van der Waals surface area contributed by atoms with Crippen molar-refractivity contribution in [2.24, 2.45) is 0 Å². The molecule has 0 saturated carbocycles. The quantitative estimate of drug-likeness (QED) is 0.517. The minimum atomic E-state index is -0.235. The van der Waals surface area contributed by atoms with Gasteiger partial charge in [0, 0.05) is 38.8 Å². The van der Waals surface area contributed by atoms with Gasteiger partial charge >= 0.3 is 0 Å². The number of nitrogens with zero attached hydrogens (tertiary/aromatic N) is 4. The Kier molecular flexibility index (Phi) is 7.01. The molecule has 2 aromatic rings. The van der Waals surface area contributed by atoms with Crippen LogP contribution in [0.1, 0.15) is 17.5 Å². The molecule has 6 heteroatoms. The maximum absolute atomic E-state index is 11.7. The summed E-state index contributed by atoms with van der Waals surface area (Å²) in [6.07, 6.45) is 1.87. The summed E-state index contributed by atoms with van der Waals surface area (Å²) in [5, 5.41) is 11.7. The van der Waals surface area contributed by atoms with Crippen molar-refractivity contribution in [3.8, 4) is 0 Å². The van der Waals surface area contributed by atoms with Gasteiger partial charge in [0.05, 0.1) is 4.92 Å². The second-order valence-electron chi connectivity index (χ2n) is 7.74. The Balaban J connectivity index is 1.62. The summed E-state index contributed by atoms with van der Waals surface area (Å²) in [5.74, 6) is 0. The lowest BCUT2D eigenvalue weighted by Gasteiger charge is -2.35. The van der Waals surface area contributed by atoms with E-state index in [2.05, 4.69) is 39.0 Å². The summed E-state index contributed by atoms with van der Waals surface area (Å²) in [6, 6.07) is 16.2. The van der Waals surface area contributed by atoms with Gasteiger partial charge in [-0.05, 0) is 50.7 Å². The van der Waals surface area contributed by atoms with E-state index < -0.39 is 0 Å². The van der Waals surface area contributed by atoms with E-state index in [0.717, 1.165) is 63.4 Å². The number of nitro benzene ring substituents is 1. The molecule has 0 spiro atoms. The fourth-order valence-corrected chi connectivity index (χ4v) is 3.73. The highest BCUT2D eigenvalue weighted by Crippen LogP contribution is 2.30. The molecular weight excluding hydrogens is 352 g/mol. The van der Waals surface area contributed by atoms with Crippen LogP contribution in [0.25, 0.3) is 0 Å². The summed E-state index contributed by atoms with van der Waals surface area (Å²) >= 11 is 0. The number of rotatable bonds is 8. The van der Waals surface area contributed by atoms with Crippen LogP contribution in [0.2, 0.25) is 0 Å². The fourth-order valence-electron chi connectivity index (χ4n) is 3.73. The van der Waals surface area contributed by atoms with E-state index in [1.165, 1.54) is 5.56 Å². The van der Waals surface area contributed by atoms with Crippen LogP contribution >= 0.6 is 0 Å². The van der Waals surface area contributed by atoms with Crippen molar-refractivity contribution < 1.29 is 4.92 Å². The number of piperazine rings is 1. The first-order valence-electron chi connectivity index (χ1n) is 9.96. The van der Waals surface area contributed by atoms with Gasteiger partial charge in [-0.2, -0.15) is 0 Å². The Labute approximate surface area is 167 Å². The molecule has 0 atom stereocenters. The molecule has 0 amide bonds. The van der Waals surface area contributed by atoms with Crippen LogP contribution in [0, 0.1) is 10.1 Å². The Morgan fingerprint density at radius 3 is 2.36 bits per heavy atom. The van der Waals surface area contributed by atoms with Crippen LogP contribution in [0.3, 0.4) is 0 Å². The zero-order valence-corrected chi connectivity index (χ0v) is 16.9. The van der Waals surface area contributed by atoms with Gasteiger partial charge in [-0.15, -0.1) is 0 Å². The van der Waals surface area contributed by atoms with E-state index >= 15 is 0 Å². The first-order valence-corrected chi connectivity index (χ1v) is 9.96. The van der Waals surface area contributed by atoms with Crippen molar-refractivity contribution in [2.75, 3.05) is 51.7 Å². The molecule has 0 N–H and O–H groups in total. The molecule has 3 rings (SSSR count). The number of hydrogen-bond acceptors (Lipinski definition) is 5. The van der Waals surface area contributed by atoms with Gasteiger partial charge in [0.1, 0.15) is 5.69 Å². The zero-order valence-electron chi connectivity index (χ0n) is 16.9. The molecule has 0 unspecified atom stereocenters. The van der Waals surface area contributed by atoms with Crippen molar-refractivity contribution in [1.82, 2.24) is 9.80 Å². The van der Waals surface area contributed by atoms with Crippen LogP contribution in [0.15, 0.2) is 48.5 Å². The molecule has 1 heterocycles. The predicted octanol–water partition coefficient (Wildman–Crippen LogP) is 3.41. The molecule has 1 fully saturated rings. The van der Waals surface area contributed by atoms with Gasteiger partial charge in [0.2, 0.25) is 0 Å². The van der Waals surface area contributed by atoms with Gasteiger partial charge in [0.15, 0.2) is 0 Å². The van der Waals surface area contributed by atoms with E-state index in [4.69, 9.17) is 0 Å². The molecule has 0 aromatic heterocycles. The van der Waals surface area contributed by atoms with Crippen LogP contribution in [0.4, 0.5) is 11.4 Å².